The normalized spacial score (nSPS) is 15.4. The summed E-state index contributed by atoms with van der Waals surface area (Å²) in [5.41, 5.74) is 1.69. The molecule has 1 fully saturated rings. The van der Waals surface area contributed by atoms with Gasteiger partial charge < -0.3 is 19.4 Å². The van der Waals surface area contributed by atoms with Gasteiger partial charge in [0, 0.05) is 32.9 Å². The monoisotopic (exact) mass is 372 g/mol. The number of aryl methyl sites for hydroxylation is 1. The van der Waals surface area contributed by atoms with E-state index in [0.29, 0.717) is 23.9 Å². The quantitative estimate of drug-likeness (QED) is 0.831. The molecule has 0 bridgehead atoms. The van der Waals surface area contributed by atoms with E-state index >= 15 is 0 Å². The topological polar surface area (TPSA) is 59.0 Å². The highest BCUT2D eigenvalue weighted by Gasteiger charge is 2.30. The molecule has 1 N–H and O–H groups in total. The fourth-order valence-corrected chi connectivity index (χ4v) is 3.43. The van der Waals surface area contributed by atoms with Crippen LogP contribution < -0.4 is 14.8 Å². The molecule has 2 aromatic rings. The number of benzene rings is 1. The second kappa shape index (κ2) is 6.87. The van der Waals surface area contributed by atoms with Gasteiger partial charge in [-0.15, -0.1) is 0 Å². The zero-order valence-corrected chi connectivity index (χ0v) is 15.3. The van der Waals surface area contributed by atoms with Crippen LogP contribution in [0.25, 0.3) is 0 Å². The van der Waals surface area contributed by atoms with E-state index in [1.54, 1.807) is 5.01 Å². The van der Waals surface area contributed by atoms with Gasteiger partial charge in [-0.25, -0.2) is 5.01 Å². The predicted octanol–water partition coefficient (Wildman–Crippen LogP) is 1.89. The zero-order valence-electron chi connectivity index (χ0n) is 14.5. The Labute approximate surface area is 157 Å². The Morgan fingerprint density at radius 1 is 1.19 bits per heavy atom. The first-order chi connectivity index (χ1) is 12.6. The van der Waals surface area contributed by atoms with E-state index in [4.69, 9.17) is 21.7 Å². The number of nitrogens with zero attached hydrogens (tertiary/aromatic N) is 3. The number of aromatic nitrogens is 1. The number of ether oxygens (including phenoxy) is 2. The third-order valence-electron chi connectivity index (χ3n) is 4.54. The van der Waals surface area contributed by atoms with E-state index in [0.717, 1.165) is 30.0 Å². The average Bonchev–Trinajstić information content (AvgIpc) is 3.38. The van der Waals surface area contributed by atoms with Gasteiger partial charge in [-0.05, 0) is 48.5 Å². The van der Waals surface area contributed by atoms with Crippen molar-refractivity contribution in [3.05, 3.63) is 47.8 Å². The molecule has 0 radical (unpaired) electrons. The fourth-order valence-electron chi connectivity index (χ4n) is 3.17. The summed E-state index contributed by atoms with van der Waals surface area (Å²) in [7, 11) is 1.86. The summed E-state index contributed by atoms with van der Waals surface area (Å²) < 4.78 is 12.5. The Morgan fingerprint density at radius 3 is 2.81 bits per heavy atom. The van der Waals surface area contributed by atoms with Crippen molar-refractivity contribution in [2.75, 3.05) is 19.9 Å². The lowest BCUT2D eigenvalue weighted by molar-refractivity contribution is 0.0481. The molecule has 4 rings (SSSR count). The van der Waals surface area contributed by atoms with Crippen LogP contribution >= 0.6 is 12.2 Å². The van der Waals surface area contributed by atoms with Crippen molar-refractivity contribution in [3.8, 4) is 11.5 Å². The molecule has 7 nitrogen and oxygen atoms in total. The molecule has 0 aliphatic carbocycles. The van der Waals surface area contributed by atoms with E-state index in [2.05, 4.69) is 5.32 Å². The largest absolute Gasteiger partial charge is 0.454 e. The third kappa shape index (κ3) is 3.08. The van der Waals surface area contributed by atoms with Gasteiger partial charge >= 0.3 is 0 Å². The Morgan fingerprint density at radius 2 is 2.00 bits per heavy atom. The minimum absolute atomic E-state index is 0.0396. The molecule has 0 spiro atoms. The third-order valence-corrected chi connectivity index (χ3v) is 4.90. The number of amides is 1. The molecule has 1 amide bonds. The molecule has 1 saturated heterocycles. The van der Waals surface area contributed by atoms with Gasteiger partial charge in [-0.2, -0.15) is 0 Å². The molecule has 8 heteroatoms. The summed E-state index contributed by atoms with van der Waals surface area (Å²) in [6.45, 7) is 2.20. The molecule has 3 heterocycles. The smallest absolute Gasteiger partial charge is 0.289 e. The van der Waals surface area contributed by atoms with Crippen LogP contribution in [0, 0.1) is 0 Å². The lowest BCUT2D eigenvalue weighted by Crippen LogP contribution is -2.49. The Kier molecular flexibility index (Phi) is 4.42. The highest BCUT2D eigenvalue weighted by atomic mass is 32.1. The summed E-state index contributed by atoms with van der Waals surface area (Å²) in [5.74, 6) is 1.47. The zero-order chi connectivity index (χ0) is 18.1. The second-order valence-electron chi connectivity index (χ2n) is 6.26. The highest BCUT2D eigenvalue weighted by Crippen LogP contribution is 2.32. The number of thiocarbonyl (C=S) groups is 1. The van der Waals surface area contributed by atoms with Crippen molar-refractivity contribution in [2.24, 2.45) is 7.05 Å². The number of hydrogen-bond acceptors (Lipinski definition) is 4. The summed E-state index contributed by atoms with van der Waals surface area (Å²) in [6.07, 6.45) is 2.76. The standard InChI is InChI=1S/C18H20N4O3S/c1-20-7-2-4-14(20)17(23)21-8-3-9-22(21)18(26)19-11-13-5-6-15-16(10-13)25-12-24-15/h2,4-7,10H,3,8-9,11-12H2,1H3,(H,19,26). The van der Waals surface area contributed by atoms with E-state index in [-0.39, 0.29) is 12.7 Å². The molecular formula is C18H20N4O3S. The van der Waals surface area contributed by atoms with Gasteiger partial charge in [0.2, 0.25) is 6.79 Å². The number of fused-ring (bicyclic) bond motifs is 1. The van der Waals surface area contributed by atoms with Crippen molar-refractivity contribution in [3.63, 3.8) is 0 Å². The molecule has 2 aliphatic rings. The maximum absolute atomic E-state index is 12.8. The first kappa shape index (κ1) is 16.7. The van der Waals surface area contributed by atoms with Crippen LogP contribution in [0.5, 0.6) is 11.5 Å². The summed E-state index contributed by atoms with van der Waals surface area (Å²) in [4.78, 5) is 12.8. The molecule has 2 aliphatic heterocycles. The lowest BCUT2D eigenvalue weighted by atomic mass is 10.2. The van der Waals surface area contributed by atoms with Crippen molar-refractivity contribution in [2.45, 2.75) is 13.0 Å². The summed E-state index contributed by atoms with van der Waals surface area (Å²) >= 11 is 5.53. The maximum atomic E-state index is 12.8. The van der Waals surface area contributed by atoms with E-state index in [1.165, 1.54) is 0 Å². The van der Waals surface area contributed by atoms with Crippen molar-refractivity contribution in [1.82, 2.24) is 19.9 Å². The maximum Gasteiger partial charge on any atom is 0.289 e. The average molecular weight is 372 g/mol. The number of hydrogen-bond donors (Lipinski definition) is 1. The SMILES string of the molecule is Cn1cccc1C(=O)N1CCCN1C(=S)NCc1ccc2c(c1)OCO2. The number of rotatable bonds is 3. The number of carbonyl (C=O) groups excluding carboxylic acids is 1. The van der Waals surface area contributed by atoms with E-state index < -0.39 is 0 Å². The number of nitrogens with one attached hydrogen (secondary N) is 1. The van der Waals surface area contributed by atoms with Crippen molar-refractivity contribution < 1.29 is 14.3 Å². The molecule has 136 valence electrons. The van der Waals surface area contributed by atoms with E-state index in [1.807, 2.05) is 53.2 Å². The predicted molar refractivity (Wildman–Crippen MR) is 99.8 cm³/mol. The summed E-state index contributed by atoms with van der Waals surface area (Å²) in [6, 6.07) is 9.49. The molecule has 1 aromatic heterocycles. The van der Waals surface area contributed by atoms with Gasteiger partial charge in [0.1, 0.15) is 5.69 Å². The van der Waals surface area contributed by atoms with Gasteiger partial charge in [-0.1, -0.05) is 6.07 Å². The van der Waals surface area contributed by atoms with Gasteiger partial charge in [-0.3, -0.25) is 9.80 Å². The van der Waals surface area contributed by atoms with Crippen LogP contribution in [0.2, 0.25) is 0 Å². The van der Waals surface area contributed by atoms with Crippen molar-refractivity contribution >= 4 is 23.2 Å². The van der Waals surface area contributed by atoms with E-state index in [9.17, 15) is 4.79 Å². The first-order valence-corrected chi connectivity index (χ1v) is 8.91. The summed E-state index contributed by atoms with van der Waals surface area (Å²) in [5, 5.41) is 7.34. The molecule has 0 atom stereocenters. The van der Waals surface area contributed by atoms with Crippen LogP contribution in [0.1, 0.15) is 22.5 Å². The Hall–Kier alpha value is -2.74. The minimum Gasteiger partial charge on any atom is -0.454 e. The van der Waals surface area contributed by atoms with Crippen LogP contribution in [-0.4, -0.2) is 45.5 Å². The lowest BCUT2D eigenvalue weighted by Gasteiger charge is -2.30. The van der Waals surface area contributed by atoms with Crippen molar-refractivity contribution in [1.29, 1.82) is 0 Å². The Balaban J connectivity index is 1.41. The molecule has 1 aromatic carbocycles. The Bertz CT molecular complexity index is 851. The van der Waals surface area contributed by atoms with Gasteiger partial charge in [0.15, 0.2) is 16.6 Å². The molecule has 0 unspecified atom stereocenters. The molecular weight excluding hydrogens is 352 g/mol. The highest BCUT2D eigenvalue weighted by molar-refractivity contribution is 7.80. The first-order valence-electron chi connectivity index (χ1n) is 8.50. The minimum atomic E-state index is -0.0396. The molecule has 0 saturated carbocycles. The number of hydrazine groups is 1. The van der Waals surface area contributed by atoms with Gasteiger partial charge in [0.25, 0.3) is 5.91 Å². The van der Waals surface area contributed by atoms with Crippen LogP contribution in [0.15, 0.2) is 36.5 Å². The van der Waals surface area contributed by atoms with Gasteiger partial charge in [0.05, 0.1) is 0 Å². The second-order valence-corrected chi connectivity index (χ2v) is 6.64. The number of carbonyl (C=O) groups is 1. The fraction of sp³-hybridized carbons (Fsp3) is 0.333. The van der Waals surface area contributed by atoms with Crippen LogP contribution in [0.3, 0.4) is 0 Å². The van der Waals surface area contributed by atoms with Crippen LogP contribution in [-0.2, 0) is 13.6 Å². The van der Waals surface area contributed by atoms with Crippen LogP contribution in [0.4, 0.5) is 0 Å². The molecule has 26 heavy (non-hydrogen) atoms.